The number of anilines is 2. The van der Waals surface area contributed by atoms with Crippen molar-refractivity contribution in [3.63, 3.8) is 0 Å². The van der Waals surface area contributed by atoms with Crippen molar-refractivity contribution < 1.29 is 28.2 Å². The van der Waals surface area contributed by atoms with E-state index in [1.54, 1.807) is 19.1 Å². The Morgan fingerprint density at radius 1 is 1.21 bits per heavy atom. The molecule has 2 aromatic carbocycles. The summed E-state index contributed by atoms with van der Waals surface area (Å²) in [7, 11) is 0. The number of hydrogen-bond acceptors (Lipinski definition) is 7. The van der Waals surface area contributed by atoms with Gasteiger partial charge >= 0.3 is 0 Å². The number of benzene rings is 2. The molecule has 202 valence electrons. The van der Waals surface area contributed by atoms with Crippen LogP contribution in [0.2, 0.25) is 0 Å². The number of nitrogens with one attached hydrogen (secondary N) is 2. The molecule has 0 bridgehead atoms. The number of hydrogen-bond donors (Lipinski definition) is 3. The third-order valence-electron chi connectivity index (χ3n) is 6.64. The number of aliphatic hydroxyl groups is 1. The van der Waals surface area contributed by atoms with E-state index in [0.717, 1.165) is 0 Å². The Hall–Kier alpha value is -4.38. The number of fused-ring (bicyclic) bond motifs is 1. The number of aromatic nitrogens is 3. The molecular weight excluding hydrogens is 508 g/mol. The summed E-state index contributed by atoms with van der Waals surface area (Å²) in [4.78, 5) is 31.8. The molecule has 11 heteroatoms. The van der Waals surface area contributed by atoms with E-state index in [-0.39, 0.29) is 36.5 Å². The number of nitrogens with zero attached hydrogens (tertiary/aromatic N) is 3. The van der Waals surface area contributed by atoms with Gasteiger partial charge in [-0.3, -0.25) is 14.7 Å². The standard InChI is InChI=1S/C28H27F2N5O4/c1-16(15-36)32-27-25-24(10-11-31-26(25)33-34-27)39-23-9-4-17(13-21(23)30)14-22(37)20-3-2-12-35(28(20)38)19-7-5-18(29)6-8-19/h4-11,13,16,20,36H,2-3,12,14-15H2,1H3,(H2,31,32,33,34)/t16-,20?/m1/s1. The van der Waals surface area contributed by atoms with Crippen molar-refractivity contribution in [3.8, 4) is 11.5 Å². The van der Waals surface area contributed by atoms with Gasteiger partial charge in [0, 0.05) is 37.0 Å². The first-order chi connectivity index (χ1) is 18.8. The molecule has 39 heavy (non-hydrogen) atoms. The molecule has 2 atom stereocenters. The Balaban J connectivity index is 1.30. The summed E-state index contributed by atoms with van der Waals surface area (Å²) in [5.41, 5.74) is 1.38. The number of H-pyrrole nitrogens is 1. The number of piperidine rings is 1. The van der Waals surface area contributed by atoms with Crippen molar-refractivity contribution in [2.45, 2.75) is 32.2 Å². The molecule has 1 fully saturated rings. The number of carbonyl (C=O) groups is 2. The van der Waals surface area contributed by atoms with Crippen LogP contribution in [0.5, 0.6) is 11.5 Å². The fourth-order valence-corrected chi connectivity index (χ4v) is 4.62. The van der Waals surface area contributed by atoms with Crippen LogP contribution in [0, 0.1) is 17.6 Å². The van der Waals surface area contributed by atoms with Gasteiger partial charge in [-0.25, -0.2) is 13.8 Å². The topological polar surface area (TPSA) is 120 Å². The van der Waals surface area contributed by atoms with Crippen molar-refractivity contribution in [3.05, 3.63) is 71.9 Å². The molecule has 1 unspecified atom stereocenters. The smallest absolute Gasteiger partial charge is 0.237 e. The maximum absolute atomic E-state index is 15.1. The summed E-state index contributed by atoms with van der Waals surface area (Å²) in [5.74, 6) is -1.91. The molecule has 1 amide bonds. The minimum atomic E-state index is -0.846. The lowest BCUT2D eigenvalue weighted by Gasteiger charge is -2.31. The number of aromatic amines is 1. The zero-order valence-corrected chi connectivity index (χ0v) is 21.2. The Kier molecular flexibility index (Phi) is 7.51. The number of carbonyl (C=O) groups excluding carboxylic acids is 2. The van der Waals surface area contributed by atoms with E-state index >= 15 is 4.39 Å². The second-order valence-corrected chi connectivity index (χ2v) is 9.50. The van der Waals surface area contributed by atoms with Gasteiger partial charge in [-0.2, -0.15) is 5.10 Å². The monoisotopic (exact) mass is 535 g/mol. The van der Waals surface area contributed by atoms with Crippen LogP contribution >= 0.6 is 0 Å². The quantitative estimate of drug-likeness (QED) is 0.272. The largest absolute Gasteiger partial charge is 0.453 e. The number of pyridine rings is 1. The second kappa shape index (κ2) is 11.2. The van der Waals surface area contributed by atoms with Crippen LogP contribution in [-0.4, -0.2) is 51.2 Å². The number of ketones is 1. The average Bonchev–Trinajstić information content (AvgIpc) is 3.34. The first kappa shape index (κ1) is 26.2. The first-order valence-electron chi connectivity index (χ1n) is 12.6. The molecule has 9 nitrogen and oxygen atoms in total. The molecule has 1 aliphatic rings. The summed E-state index contributed by atoms with van der Waals surface area (Å²) in [6, 6.07) is 11.1. The highest BCUT2D eigenvalue weighted by molar-refractivity contribution is 6.09. The Morgan fingerprint density at radius 2 is 2.00 bits per heavy atom. The van der Waals surface area contributed by atoms with Gasteiger partial charge in [0.2, 0.25) is 5.91 Å². The highest BCUT2D eigenvalue weighted by atomic mass is 19.1. The van der Waals surface area contributed by atoms with Crippen molar-refractivity contribution >= 4 is 34.2 Å². The molecule has 0 spiro atoms. The first-order valence-corrected chi connectivity index (χ1v) is 12.6. The van der Waals surface area contributed by atoms with Gasteiger partial charge in [0.05, 0.1) is 12.5 Å². The SMILES string of the molecule is C[C@H](CO)Nc1n[nH]c2nccc(Oc3ccc(CC(=O)C4CCCN(c5ccc(F)cc5)C4=O)cc3F)c12. The van der Waals surface area contributed by atoms with Crippen LogP contribution in [0.1, 0.15) is 25.3 Å². The predicted octanol–water partition coefficient (Wildman–Crippen LogP) is 4.38. The van der Waals surface area contributed by atoms with Crippen LogP contribution in [0.15, 0.2) is 54.7 Å². The fourth-order valence-electron chi connectivity index (χ4n) is 4.62. The molecule has 5 rings (SSSR count). The molecule has 0 aliphatic carbocycles. The van der Waals surface area contributed by atoms with Gasteiger partial charge in [0.25, 0.3) is 0 Å². The third-order valence-corrected chi connectivity index (χ3v) is 6.64. The lowest BCUT2D eigenvalue weighted by Crippen LogP contribution is -2.44. The summed E-state index contributed by atoms with van der Waals surface area (Å²) >= 11 is 0. The Labute approximate surface area is 222 Å². The number of Topliss-reactive ketones (excluding diaryl/α,β-unsaturated/α-hetero) is 1. The van der Waals surface area contributed by atoms with Gasteiger partial charge in [0.1, 0.15) is 22.7 Å². The molecule has 3 heterocycles. The number of amides is 1. The minimum Gasteiger partial charge on any atom is -0.453 e. The Morgan fingerprint density at radius 3 is 2.74 bits per heavy atom. The van der Waals surface area contributed by atoms with E-state index in [1.165, 1.54) is 47.5 Å². The maximum atomic E-state index is 15.1. The van der Waals surface area contributed by atoms with Gasteiger partial charge < -0.3 is 20.1 Å². The van der Waals surface area contributed by atoms with Crippen LogP contribution < -0.4 is 15.0 Å². The van der Waals surface area contributed by atoms with Crippen LogP contribution in [-0.2, 0) is 16.0 Å². The van der Waals surface area contributed by atoms with Gasteiger partial charge in [-0.05, 0) is 61.7 Å². The van der Waals surface area contributed by atoms with Crippen molar-refractivity contribution in [2.75, 3.05) is 23.4 Å². The third kappa shape index (κ3) is 5.58. The van der Waals surface area contributed by atoms with Crippen molar-refractivity contribution in [2.24, 2.45) is 5.92 Å². The summed E-state index contributed by atoms with van der Waals surface area (Å²) < 4.78 is 34.2. The molecule has 1 saturated heterocycles. The lowest BCUT2D eigenvalue weighted by atomic mass is 9.89. The van der Waals surface area contributed by atoms with E-state index in [1.807, 2.05) is 0 Å². The summed E-state index contributed by atoms with van der Waals surface area (Å²) in [6.07, 6.45) is 2.42. The Bertz CT molecular complexity index is 1510. The van der Waals surface area contributed by atoms with E-state index in [4.69, 9.17) is 4.74 Å². The molecule has 0 saturated carbocycles. The van der Waals surface area contributed by atoms with Gasteiger partial charge in [0.15, 0.2) is 23.0 Å². The number of rotatable bonds is 9. The van der Waals surface area contributed by atoms with Crippen LogP contribution in [0.4, 0.5) is 20.3 Å². The van der Waals surface area contributed by atoms with E-state index in [9.17, 15) is 19.1 Å². The van der Waals surface area contributed by atoms with Crippen molar-refractivity contribution in [1.29, 1.82) is 0 Å². The molecule has 3 N–H and O–H groups in total. The van der Waals surface area contributed by atoms with Gasteiger partial charge in [-0.1, -0.05) is 6.07 Å². The molecule has 4 aromatic rings. The molecule has 1 aliphatic heterocycles. The average molecular weight is 536 g/mol. The number of ether oxygens (including phenoxy) is 1. The lowest BCUT2D eigenvalue weighted by molar-refractivity contribution is -0.133. The summed E-state index contributed by atoms with van der Waals surface area (Å²) in [6.45, 7) is 2.11. The zero-order chi connectivity index (χ0) is 27.5. The molecule has 2 aromatic heterocycles. The molecule has 0 radical (unpaired) electrons. The van der Waals surface area contributed by atoms with Crippen LogP contribution in [0.3, 0.4) is 0 Å². The fraction of sp³-hybridized carbons (Fsp3) is 0.286. The minimum absolute atomic E-state index is 0.0581. The number of halogens is 2. The number of aliphatic hydroxyl groups excluding tert-OH is 1. The normalized spacial score (nSPS) is 16.4. The summed E-state index contributed by atoms with van der Waals surface area (Å²) in [5, 5.41) is 19.8. The predicted molar refractivity (Wildman–Crippen MR) is 141 cm³/mol. The zero-order valence-electron chi connectivity index (χ0n) is 21.2. The van der Waals surface area contributed by atoms with Crippen molar-refractivity contribution in [1.82, 2.24) is 15.2 Å². The maximum Gasteiger partial charge on any atom is 0.237 e. The molecular formula is C28H27F2N5O4. The van der Waals surface area contributed by atoms with Gasteiger partial charge in [-0.15, -0.1) is 0 Å². The van der Waals surface area contributed by atoms with E-state index in [2.05, 4.69) is 20.5 Å². The second-order valence-electron chi connectivity index (χ2n) is 9.50. The van der Waals surface area contributed by atoms with E-state index < -0.39 is 17.6 Å². The van der Waals surface area contributed by atoms with E-state index in [0.29, 0.717) is 53.2 Å². The highest BCUT2D eigenvalue weighted by Crippen LogP contribution is 2.34. The van der Waals surface area contributed by atoms with Crippen LogP contribution in [0.25, 0.3) is 11.0 Å². The highest BCUT2D eigenvalue weighted by Gasteiger charge is 2.34.